The predicted octanol–water partition coefficient (Wildman–Crippen LogP) is 2.44. The standard InChI is InChI=1S/C19H20N8OS/c28-17(21-8-11-3-5-20-6-4-11)19-26-15-16(22-10-23-18(15)29-19)25-13-1-2-14-12(7-13)9-24-27-14/h1-2,7,9-11,20H,3-6,8H2,(H,21,28)(H,24,27)(H,22,23,25). The molecule has 9 nitrogen and oxygen atoms in total. The van der Waals surface area contributed by atoms with E-state index in [-0.39, 0.29) is 5.91 Å². The van der Waals surface area contributed by atoms with E-state index in [1.165, 1.54) is 17.7 Å². The number of fused-ring (bicyclic) bond motifs is 2. The van der Waals surface area contributed by atoms with Crippen LogP contribution in [0.4, 0.5) is 11.5 Å². The molecular formula is C19H20N8OS. The molecule has 4 N–H and O–H groups in total. The van der Waals surface area contributed by atoms with E-state index in [0.717, 1.165) is 42.5 Å². The largest absolute Gasteiger partial charge is 0.350 e. The molecule has 10 heteroatoms. The number of H-pyrrole nitrogens is 1. The summed E-state index contributed by atoms with van der Waals surface area (Å²) in [6, 6.07) is 5.86. The molecule has 29 heavy (non-hydrogen) atoms. The van der Waals surface area contributed by atoms with Gasteiger partial charge in [-0.2, -0.15) is 5.10 Å². The van der Waals surface area contributed by atoms with Crippen LogP contribution in [0.25, 0.3) is 21.3 Å². The molecule has 0 atom stereocenters. The van der Waals surface area contributed by atoms with E-state index in [9.17, 15) is 4.79 Å². The van der Waals surface area contributed by atoms with Gasteiger partial charge in [-0.3, -0.25) is 9.89 Å². The molecule has 1 amide bonds. The zero-order chi connectivity index (χ0) is 19.6. The number of aromatic nitrogens is 5. The topological polar surface area (TPSA) is 121 Å². The van der Waals surface area contributed by atoms with Crippen LogP contribution >= 0.6 is 11.3 Å². The third kappa shape index (κ3) is 3.76. The first-order valence-corrected chi connectivity index (χ1v) is 10.4. The van der Waals surface area contributed by atoms with Crippen LogP contribution in [-0.2, 0) is 0 Å². The number of benzene rings is 1. The summed E-state index contributed by atoms with van der Waals surface area (Å²) in [5.41, 5.74) is 2.42. The number of anilines is 2. The van der Waals surface area contributed by atoms with Gasteiger partial charge in [0.15, 0.2) is 10.8 Å². The van der Waals surface area contributed by atoms with Gasteiger partial charge in [0.25, 0.3) is 5.91 Å². The molecule has 148 valence electrons. The molecule has 4 heterocycles. The van der Waals surface area contributed by atoms with Crippen molar-refractivity contribution < 1.29 is 4.79 Å². The number of hydrogen-bond acceptors (Lipinski definition) is 8. The van der Waals surface area contributed by atoms with Crippen LogP contribution in [0.2, 0.25) is 0 Å². The maximum atomic E-state index is 12.6. The number of rotatable bonds is 5. The first-order chi connectivity index (χ1) is 14.3. The molecule has 0 bridgehead atoms. The SMILES string of the molecule is O=C(NCC1CCNCC1)c1nc2c(Nc3ccc4[nH]ncc4c3)ncnc2s1. The number of carbonyl (C=O) groups is 1. The minimum Gasteiger partial charge on any atom is -0.350 e. The molecule has 1 aliphatic rings. The maximum absolute atomic E-state index is 12.6. The van der Waals surface area contributed by atoms with E-state index in [2.05, 4.69) is 41.1 Å². The van der Waals surface area contributed by atoms with E-state index >= 15 is 0 Å². The van der Waals surface area contributed by atoms with Crippen molar-refractivity contribution in [3.63, 3.8) is 0 Å². The fourth-order valence-corrected chi connectivity index (χ4v) is 4.32. The molecule has 1 aromatic carbocycles. The molecule has 0 saturated carbocycles. The van der Waals surface area contributed by atoms with Crippen molar-refractivity contribution in [1.82, 2.24) is 35.8 Å². The van der Waals surface area contributed by atoms with Gasteiger partial charge in [0.1, 0.15) is 16.7 Å². The Bertz CT molecular complexity index is 1160. The average molecular weight is 408 g/mol. The van der Waals surface area contributed by atoms with Crippen molar-refractivity contribution in [2.75, 3.05) is 25.0 Å². The summed E-state index contributed by atoms with van der Waals surface area (Å²) in [5.74, 6) is 0.938. The first kappa shape index (κ1) is 18.0. The molecule has 0 spiro atoms. The molecule has 0 unspecified atom stereocenters. The number of piperidine rings is 1. The molecule has 1 saturated heterocycles. The maximum Gasteiger partial charge on any atom is 0.280 e. The van der Waals surface area contributed by atoms with Gasteiger partial charge in [0.2, 0.25) is 0 Å². The van der Waals surface area contributed by atoms with E-state index in [4.69, 9.17) is 0 Å². The van der Waals surface area contributed by atoms with Crippen LogP contribution in [0.3, 0.4) is 0 Å². The van der Waals surface area contributed by atoms with Crippen molar-refractivity contribution in [2.24, 2.45) is 5.92 Å². The summed E-state index contributed by atoms with van der Waals surface area (Å²) in [6.45, 7) is 2.70. The van der Waals surface area contributed by atoms with Gasteiger partial charge in [-0.1, -0.05) is 11.3 Å². The molecule has 0 radical (unpaired) electrons. The normalized spacial score (nSPS) is 15.0. The summed E-state index contributed by atoms with van der Waals surface area (Å²) in [7, 11) is 0. The Morgan fingerprint density at radius 2 is 2.14 bits per heavy atom. The third-order valence-corrected chi connectivity index (χ3v) is 6.06. The number of amides is 1. The Morgan fingerprint density at radius 3 is 3.03 bits per heavy atom. The van der Waals surface area contributed by atoms with Crippen LogP contribution in [0.15, 0.2) is 30.7 Å². The molecule has 1 aliphatic heterocycles. The van der Waals surface area contributed by atoms with Crippen molar-refractivity contribution in [2.45, 2.75) is 12.8 Å². The quantitative estimate of drug-likeness (QED) is 0.400. The lowest BCUT2D eigenvalue weighted by atomic mass is 9.98. The first-order valence-electron chi connectivity index (χ1n) is 9.57. The lowest BCUT2D eigenvalue weighted by Gasteiger charge is -2.22. The molecule has 4 aromatic rings. The number of nitrogens with one attached hydrogen (secondary N) is 4. The average Bonchev–Trinajstić information content (AvgIpc) is 3.40. The molecule has 3 aromatic heterocycles. The van der Waals surface area contributed by atoms with Crippen LogP contribution in [0.1, 0.15) is 22.6 Å². The fourth-order valence-electron chi connectivity index (χ4n) is 3.50. The van der Waals surface area contributed by atoms with Crippen LogP contribution in [0, 0.1) is 5.92 Å². The Morgan fingerprint density at radius 1 is 1.24 bits per heavy atom. The minimum absolute atomic E-state index is 0.155. The zero-order valence-corrected chi connectivity index (χ0v) is 16.4. The van der Waals surface area contributed by atoms with Gasteiger partial charge in [-0.25, -0.2) is 15.0 Å². The second kappa shape index (κ2) is 7.72. The van der Waals surface area contributed by atoms with Gasteiger partial charge in [0, 0.05) is 17.6 Å². The van der Waals surface area contributed by atoms with Crippen LogP contribution < -0.4 is 16.0 Å². The minimum atomic E-state index is -0.155. The van der Waals surface area contributed by atoms with E-state index < -0.39 is 0 Å². The fraction of sp³-hybridized carbons (Fsp3) is 0.316. The highest BCUT2D eigenvalue weighted by Crippen LogP contribution is 2.28. The van der Waals surface area contributed by atoms with E-state index in [0.29, 0.717) is 33.6 Å². The van der Waals surface area contributed by atoms with Gasteiger partial charge in [-0.15, -0.1) is 0 Å². The number of thiazole rings is 1. The Labute approximate surface area is 170 Å². The zero-order valence-electron chi connectivity index (χ0n) is 15.6. The Balaban J connectivity index is 1.35. The third-order valence-electron chi connectivity index (χ3n) is 5.10. The Hall–Kier alpha value is -3.11. The van der Waals surface area contributed by atoms with E-state index in [1.807, 2.05) is 18.2 Å². The second-order valence-electron chi connectivity index (χ2n) is 7.10. The molecule has 5 rings (SSSR count). The lowest BCUT2D eigenvalue weighted by molar-refractivity contribution is 0.0944. The van der Waals surface area contributed by atoms with Gasteiger partial charge in [0.05, 0.1) is 11.7 Å². The number of hydrogen-bond donors (Lipinski definition) is 4. The molecule has 0 aliphatic carbocycles. The summed E-state index contributed by atoms with van der Waals surface area (Å²) < 4.78 is 0. The Kier molecular flexibility index (Phi) is 4.78. The van der Waals surface area contributed by atoms with Crippen molar-refractivity contribution in [3.05, 3.63) is 35.7 Å². The monoisotopic (exact) mass is 408 g/mol. The summed E-state index contributed by atoms with van der Waals surface area (Å²) >= 11 is 1.28. The van der Waals surface area contributed by atoms with Crippen LogP contribution in [0.5, 0.6) is 0 Å². The van der Waals surface area contributed by atoms with Gasteiger partial charge < -0.3 is 16.0 Å². The molecular weight excluding hydrogens is 388 g/mol. The van der Waals surface area contributed by atoms with Crippen molar-refractivity contribution >= 4 is 50.0 Å². The highest BCUT2D eigenvalue weighted by Gasteiger charge is 2.19. The van der Waals surface area contributed by atoms with Crippen molar-refractivity contribution in [3.8, 4) is 0 Å². The predicted molar refractivity (Wildman–Crippen MR) is 113 cm³/mol. The highest BCUT2D eigenvalue weighted by molar-refractivity contribution is 7.19. The van der Waals surface area contributed by atoms with E-state index in [1.54, 1.807) is 6.20 Å². The van der Waals surface area contributed by atoms with Crippen molar-refractivity contribution in [1.29, 1.82) is 0 Å². The highest BCUT2D eigenvalue weighted by atomic mass is 32.1. The summed E-state index contributed by atoms with van der Waals surface area (Å²) in [4.78, 5) is 26.4. The number of aromatic amines is 1. The lowest BCUT2D eigenvalue weighted by Crippen LogP contribution is -2.35. The summed E-state index contributed by atoms with van der Waals surface area (Å²) in [5, 5.41) is 18.0. The van der Waals surface area contributed by atoms with Crippen LogP contribution in [-0.4, -0.2) is 50.7 Å². The number of nitrogens with zero attached hydrogens (tertiary/aromatic N) is 4. The smallest absolute Gasteiger partial charge is 0.280 e. The van der Waals surface area contributed by atoms with Gasteiger partial charge >= 0.3 is 0 Å². The molecule has 1 fully saturated rings. The second-order valence-corrected chi connectivity index (χ2v) is 8.07. The number of carbonyl (C=O) groups excluding carboxylic acids is 1. The summed E-state index contributed by atoms with van der Waals surface area (Å²) in [6.07, 6.45) is 5.42. The van der Waals surface area contributed by atoms with Gasteiger partial charge in [-0.05, 0) is 50.0 Å².